The third-order valence-electron chi connectivity index (χ3n) is 1.94. The van der Waals surface area contributed by atoms with Gasteiger partial charge >= 0.3 is 0 Å². The van der Waals surface area contributed by atoms with E-state index in [9.17, 15) is 4.79 Å². The Morgan fingerprint density at radius 3 is 2.82 bits per heavy atom. The molecule has 0 fully saturated rings. The van der Waals surface area contributed by atoms with Crippen LogP contribution in [0.25, 0.3) is 0 Å². The van der Waals surface area contributed by atoms with Crippen molar-refractivity contribution in [1.29, 1.82) is 0 Å². The van der Waals surface area contributed by atoms with Gasteiger partial charge < -0.3 is 4.98 Å². The van der Waals surface area contributed by atoms with Gasteiger partial charge in [0.15, 0.2) is 0 Å². The van der Waals surface area contributed by atoms with E-state index in [2.05, 4.69) is 36.2 Å². The Morgan fingerprint density at radius 1 is 1.47 bits per heavy atom. The Labute approximate surface area is 111 Å². The van der Waals surface area contributed by atoms with Crippen molar-refractivity contribution in [3.63, 3.8) is 0 Å². The molecule has 2 aromatic rings. The molecule has 0 radical (unpaired) electrons. The van der Waals surface area contributed by atoms with E-state index in [1.54, 1.807) is 25.3 Å². The summed E-state index contributed by atoms with van der Waals surface area (Å²) in [6.07, 6.45) is 1.67. The van der Waals surface area contributed by atoms with E-state index in [0.717, 1.165) is 4.47 Å². The Bertz CT molecular complexity index is 549. The summed E-state index contributed by atoms with van der Waals surface area (Å²) in [5, 5.41) is 2.85. The maximum Gasteiger partial charge on any atom is 0.274 e. The fourth-order valence-corrected chi connectivity index (χ4v) is 1.84. The average Bonchev–Trinajstić information content (AvgIpc) is 2.63. The van der Waals surface area contributed by atoms with Crippen molar-refractivity contribution in [2.75, 3.05) is 5.32 Å². The second-order valence-corrected chi connectivity index (χ2v) is 4.64. The monoisotopic (exact) mass is 314 g/mol. The molecule has 0 saturated heterocycles. The van der Waals surface area contributed by atoms with Crippen LogP contribution in [0.3, 0.4) is 0 Å². The van der Waals surface area contributed by atoms with Crippen molar-refractivity contribution in [3.05, 3.63) is 39.3 Å². The van der Waals surface area contributed by atoms with Gasteiger partial charge in [-0.25, -0.2) is 9.97 Å². The lowest BCUT2D eigenvalue weighted by Crippen LogP contribution is -2.14. The zero-order valence-corrected chi connectivity index (χ0v) is 11.1. The lowest BCUT2D eigenvalue weighted by molar-refractivity contribution is 0.102. The first-order chi connectivity index (χ1) is 8.04. The number of nitrogens with one attached hydrogen (secondary N) is 2. The maximum absolute atomic E-state index is 11.8. The van der Waals surface area contributed by atoms with Gasteiger partial charge in [0.2, 0.25) is 5.95 Å². The van der Waals surface area contributed by atoms with E-state index >= 15 is 0 Å². The van der Waals surface area contributed by atoms with Crippen LogP contribution in [0, 0.1) is 6.92 Å². The minimum Gasteiger partial charge on any atom is -0.356 e. The topological polar surface area (TPSA) is 70.7 Å². The van der Waals surface area contributed by atoms with Gasteiger partial charge in [-0.15, -0.1) is 0 Å². The van der Waals surface area contributed by atoms with Crippen LogP contribution in [-0.2, 0) is 0 Å². The molecule has 0 aromatic carbocycles. The molecule has 7 heteroatoms. The first-order valence-electron chi connectivity index (χ1n) is 4.71. The molecule has 0 bridgehead atoms. The van der Waals surface area contributed by atoms with Crippen LogP contribution < -0.4 is 5.32 Å². The lowest BCUT2D eigenvalue weighted by atomic mass is 10.4. The third-order valence-corrected chi connectivity index (χ3v) is 2.59. The molecule has 0 unspecified atom stereocenters. The molecule has 2 aromatic heterocycles. The van der Waals surface area contributed by atoms with Gasteiger partial charge in [0.25, 0.3) is 5.91 Å². The minimum absolute atomic E-state index is 0.186. The summed E-state index contributed by atoms with van der Waals surface area (Å²) in [4.78, 5) is 22.5. The number of aromatic nitrogens is 3. The maximum atomic E-state index is 11.8. The highest BCUT2D eigenvalue weighted by Crippen LogP contribution is 2.13. The van der Waals surface area contributed by atoms with Crippen LogP contribution in [0.2, 0.25) is 5.15 Å². The highest BCUT2D eigenvalue weighted by Gasteiger charge is 2.10. The van der Waals surface area contributed by atoms with Gasteiger partial charge in [0.05, 0.1) is 0 Å². The normalized spacial score (nSPS) is 10.3. The quantitative estimate of drug-likeness (QED) is 0.837. The van der Waals surface area contributed by atoms with E-state index < -0.39 is 0 Å². The number of halogens is 2. The average molecular weight is 316 g/mol. The van der Waals surface area contributed by atoms with E-state index in [-0.39, 0.29) is 11.9 Å². The zero-order valence-electron chi connectivity index (χ0n) is 8.79. The molecule has 17 heavy (non-hydrogen) atoms. The minimum atomic E-state index is -0.322. The van der Waals surface area contributed by atoms with Crippen molar-refractivity contribution >= 4 is 39.4 Å². The molecule has 88 valence electrons. The third kappa shape index (κ3) is 3.04. The number of anilines is 1. The summed E-state index contributed by atoms with van der Waals surface area (Å²) in [6.45, 7) is 1.77. The zero-order chi connectivity index (χ0) is 12.4. The number of hydrogen-bond acceptors (Lipinski definition) is 3. The van der Waals surface area contributed by atoms with Crippen molar-refractivity contribution in [3.8, 4) is 0 Å². The van der Waals surface area contributed by atoms with Crippen LogP contribution in [0.4, 0.5) is 5.95 Å². The van der Waals surface area contributed by atoms with Crippen molar-refractivity contribution in [2.45, 2.75) is 6.92 Å². The molecule has 0 aliphatic heterocycles. The molecule has 0 aliphatic rings. The molecular weight excluding hydrogens is 307 g/mol. The van der Waals surface area contributed by atoms with E-state index in [0.29, 0.717) is 16.5 Å². The predicted octanol–water partition coefficient (Wildman–Crippen LogP) is 2.78. The fourth-order valence-electron chi connectivity index (χ4n) is 1.25. The second-order valence-electron chi connectivity index (χ2n) is 3.34. The number of amides is 1. The van der Waals surface area contributed by atoms with E-state index in [1.807, 2.05) is 0 Å². The molecular formula is C10H8BrClN4O. The number of rotatable bonds is 2. The number of carbonyl (C=O) groups is 1. The molecule has 0 saturated carbocycles. The van der Waals surface area contributed by atoms with E-state index in [4.69, 9.17) is 11.6 Å². The summed E-state index contributed by atoms with van der Waals surface area (Å²) < 4.78 is 0.797. The van der Waals surface area contributed by atoms with Gasteiger partial charge in [0.1, 0.15) is 10.8 Å². The number of aryl methyl sites for hydroxylation is 1. The van der Waals surface area contributed by atoms with Crippen LogP contribution in [-0.4, -0.2) is 20.9 Å². The molecule has 5 nitrogen and oxygen atoms in total. The number of nitrogens with zero attached hydrogens (tertiary/aromatic N) is 2. The van der Waals surface area contributed by atoms with Crippen LogP contribution in [0.1, 0.15) is 16.2 Å². The van der Waals surface area contributed by atoms with Crippen LogP contribution in [0.15, 0.2) is 22.8 Å². The van der Waals surface area contributed by atoms with Gasteiger partial charge in [-0.3, -0.25) is 10.1 Å². The second kappa shape index (κ2) is 4.85. The number of aromatic amines is 1. The molecule has 0 aliphatic carbocycles. The highest BCUT2D eigenvalue weighted by molar-refractivity contribution is 9.10. The van der Waals surface area contributed by atoms with Gasteiger partial charge in [-0.1, -0.05) is 11.6 Å². The van der Waals surface area contributed by atoms with Crippen molar-refractivity contribution in [1.82, 2.24) is 15.0 Å². The lowest BCUT2D eigenvalue weighted by Gasteiger charge is -2.03. The van der Waals surface area contributed by atoms with Crippen molar-refractivity contribution in [2.24, 2.45) is 0 Å². The largest absolute Gasteiger partial charge is 0.356 e. The summed E-state index contributed by atoms with van der Waals surface area (Å²) >= 11 is 9.01. The van der Waals surface area contributed by atoms with Gasteiger partial charge in [-0.2, -0.15) is 0 Å². The summed E-state index contributed by atoms with van der Waals surface area (Å²) in [5.41, 5.74) is 1.10. The highest BCUT2D eigenvalue weighted by atomic mass is 79.9. The van der Waals surface area contributed by atoms with Crippen LogP contribution >= 0.6 is 27.5 Å². The number of H-pyrrole nitrogens is 1. The Balaban J connectivity index is 2.18. The van der Waals surface area contributed by atoms with Crippen molar-refractivity contribution < 1.29 is 4.79 Å². The molecule has 1 amide bonds. The molecule has 0 spiro atoms. The van der Waals surface area contributed by atoms with E-state index in [1.165, 1.54) is 0 Å². The Kier molecular flexibility index (Phi) is 3.44. The van der Waals surface area contributed by atoms with Gasteiger partial charge in [0, 0.05) is 16.4 Å². The predicted molar refractivity (Wildman–Crippen MR) is 68.2 cm³/mol. The van der Waals surface area contributed by atoms with Gasteiger partial charge in [-0.05, 0) is 35.0 Å². The Hall–Kier alpha value is -1.40. The first kappa shape index (κ1) is 12.1. The molecule has 0 atom stereocenters. The first-order valence-corrected chi connectivity index (χ1v) is 5.88. The number of carbonyl (C=O) groups excluding carboxylic acids is 1. The fraction of sp³-hybridized carbons (Fsp3) is 0.100. The summed E-state index contributed by atoms with van der Waals surface area (Å²) in [5.74, 6) is -0.136. The SMILES string of the molecule is Cc1cc(Cl)nc(NC(=O)c2cc(Br)c[nH]2)n1. The standard InChI is InChI=1S/C10H8BrClN4O/c1-5-2-8(12)15-10(14-5)16-9(17)7-3-6(11)4-13-7/h2-4,13H,1H3,(H,14,15,16,17). The molecule has 2 rings (SSSR count). The Morgan fingerprint density at radius 2 is 2.24 bits per heavy atom. The molecule has 2 heterocycles. The smallest absolute Gasteiger partial charge is 0.274 e. The molecule has 2 N–H and O–H groups in total. The summed E-state index contributed by atoms with van der Waals surface area (Å²) in [7, 11) is 0. The number of hydrogen-bond donors (Lipinski definition) is 2. The van der Waals surface area contributed by atoms with Crippen LogP contribution in [0.5, 0.6) is 0 Å². The summed E-state index contributed by atoms with van der Waals surface area (Å²) in [6, 6.07) is 3.27.